The lowest BCUT2D eigenvalue weighted by Crippen LogP contribution is -2.38. The standard InChI is InChI=1S/C24H29Cl2N6O8P/c1-14(2)38-21(35)15(3)31-41(36,40-16-8-6-5-7-9-16)37-12-17(33)39-22(24(4,26)10-11-25)32-13-28-18-19(32)29-23(27)30-20(18)34/h5-9,13-15,17,22,33H,12H2,1-4H3,(H,31,36)(H3,27,29,30,34)/t15?,17-,22?,24?,41?/m1/s1. The van der Waals surface area contributed by atoms with Gasteiger partial charge in [0.1, 0.15) is 23.3 Å². The number of aromatic amines is 1. The van der Waals surface area contributed by atoms with Gasteiger partial charge in [0.2, 0.25) is 5.95 Å². The molecule has 0 radical (unpaired) electrons. The van der Waals surface area contributed by atoms with Crippen molar-refractivity contribution >= 4 is 54.0 Å². The third-order valence-corrected chi connectivity index (χ3v) is 7.18. The Labute approximate surface area is 245 Å². The van der Waals surface area contributed by atoms with Crippen molar-refractivity contribution in [1.29, 1.82) is 0 Å². The molecule has 0 bridgehead atoms. The fourth-order valence-corrected chi connectivity index (χ4v) is 5.34. The lowest BCUT2D eigenvalue weighted by Gasteiger charge is -2.31. The van der Waals surface area contributed by atoms with Crippen LogP contribution in [0.3, 0.4) is 0 Å². The number of H-pyrrole nitrogens is 1. The Bertz CT molecular complexity index is 1520. The number of nitrogens with one attached hydrogen (secondary N) is 2. The molecule has 5 atom stereocenters. The molecule has 0 amide bonds. The zero-order chi connectivity index (χ0) is 30.4. The number of nitrogens with two attached hydrogens (primary N) is 1. The van der Waals surface area contributed by atoms with E-state index < -0.39 is 55.4 Å². The number of aliphatic hydroxyl groups excluding tert-OH is 1. The second-order valence-corrected chi connectivity index (χ2v) is 11.7. The largest absolute Gasteiger partial charge is 0.462 e. The van der Waals surface area contributed by atoms with Gasteiger partial charge in [0.15, 0.2) is 23.7 Å². The number of imidazole rings is 1. The number of carbonyl (C=O) groups excluding carboxylic acids is 1. The summed E-state index contributed by atoms with van der Waals surface area (Å²) < 4.78 is 36.8. The molecule has 3 aromatic rings. The summed E-state index contributed by atoms with van der Waals surface area (Å²) in [6.45, 7) is 5.41. The minimum absolute atomic E-state index is 0.0233. The van der Waals surface area contributed by atoms with Crippen molar-refractivity contribution in [2.24, 2.45) is 0 Å². The molecule has 4 unspecified atom stereocenters. The van der Waals surface area contributed by atoms with Crippen LogP contribution in [-0.4, -0.2) is 60.5 Å². The third-order valence-electron chi connectivity index (χ3n) is 5.16. The van der Waals surface area contributed by atoms with Gasteiger partial charge < -0.3 is 24.8 Å². The summed E-state index contributed by atoms with van der Waals surface area (Å²) >= 11 is 12.2. The van der Waals surface area contributed by atoms with Crippen LogP contribution in [0.1, 0.15) is 33.9 Å². The molecule has 0 aliphatic rings. The van der Waals surface area contributed by atoms with Crippen molar-refractivity contribution in [1.82, 2.24) is 24.6 Å². The molecule has 222 valence electrons. The molecule has 17 heteroatoms. The van der Waals surface area contributed by atoms with Crippen LogP contribution in [0.15, 0.2) is 41.5 Å². The van der Waals surface area contributed by atoms with Crippen LogP contribution in [0.25, 0.3) is 11.2 Å². The van der Waals surface area contributed by atoms with Crippen molar-refractivity contribution < 1.29 is 33.0 Å². The maximum absolute atomic E-state index is 13.7. The Morgan fingerprint density at radius 3 is 2.63 bits per heavy atom. The summed E-state index contributed by atoms with van der Waals surface area (Å²) in [5, 5.41) is 15.4. The smallest absolute Gasteiger partial charge is 0.459 e. The highest BCUT2D eigenvalue weighted by molar-refractivity contribution is 7.52. The topological polar surface area (TPSA) is 193 Å². The predicted molar refractivity (Wildman–Crippen MR) is 151 cm³/mol. The van der Waals surface area contributed by atoms with Crippen molar-refractivity contribution in [2.45, 2.75) is 57.2 Å². The van der Waals surface area contributed by atoms with Crippen LogP contribution in [0.4, 0.5) is 5.95 Å². The van der Waals surface area contributed by atoms with E-state index in [-0.39, 0.29) is 22.9 Å². The number of alkyl halides is 1. The number of ether oxygens (including phenoxy) is 2. The molecule has 5 N–H and O–H groups in total. The molecule has 1 aromatic carbocycles. The van der Waals surface area contributed by atoms with E-state index in [1.54, 1.807) is 32.0 Å². The number of carbonyl (C=O) groups is 1. The third kappa shape index (κ3) is 8.67. The van der Waals surface area contributed by atoms with E-state index in [1.165, 1.54) is 36.9 Å². The molecular formula is C24H29Cl2N6O8P. The minimum Gasteiger partial charge on any atom is -0.462 e. The Balaban J connectivity index is 1.86. The van der Waals surface area contributed by atoms with E-state index in [0.29, 0.717) is 0 Å². The number of hydrogen-bond acceptors (Lipinski definition) is 11. The first-order chi connectivity index (χ1) is 19.2. The molecule has 0 saturated heterocycles. The molecule has 14 nitrogen and oxygen atoms in total. The summed E-state index contributed by atoms with van der Waals surface area (Å²) in [5.74, 6) is 1.78. The summed E-state index contributed by atoms with van der Waals surface area (Å²) in [4.78, 5) is 33.4. The predicted octanol–water partition coefficient (Wildman–Crippen LogP) is 2.87. The minimum atomic E-state index is -4.32. The van der Waals surface area contributed by atoms with Crippen LogP contribution in [-0.2, 0) is 23.4 Å². The average molecular weight is 631 g/mol. The quantitative estimate of drug-likeness (QED) is 0.0710. The number of para-hydroxylation sites is 1. The monoisotopic (exact) mass is 630 g/mol. The Morgan fingerprint density at radius 2 is 2.00 bits per heavy atom. The van der Waals surface area contributed by atoms with Crippen LogP contribution < -0.4 is 20.9 Å². The summed E-state index contributed by atoms with van der Waals surface area (Å²) in [6, 6.07) is 6.92. The molecule has 0 aliphatic carbocycles. The number of nitrogens with zero attached hydrogens (tertiary/aromatic N) is 3. The van der Waals surface area contributed by atoms with Gasteiger partial charge in [-0.1, -0.05) is 24.1 Å². The van der Waals surface area contributed by atoms with Gasteiger partial charge >= 0.3 is 13.7 Å². The summed E-state index contributed by atoms with van der Waals surface area (Å²) in [5.41, 5.74) is 4.95. The van der Waals surface area contributed by atoms with Gasteiger partial charge in [-0.05, 0) is 51.4 Å². The molecule has 2 heterocycles. The van der Waals surface area contributed by atoms with Crippen molar-refractivity contribution in [3.8, 4) is 17.0 Å². The molecule has 3 rings (SSSR count). The maximum Gasteiger partial charge on any atom is 0.459 e. The highest BCUT2D eigenvalue weighted by Gasteiger charge is 2.38. The Morgan fingerprint density at radius 1 is 1.32 bits per heavy atom. The van der Waals surface area contributed by atoms with Crippen LogP contribution >= 0.6 is 30.9 Å². The molecule has 0 fully saturated rings. The number of benzene rings is 1. The highest BCUT2D eigenvalue weighted by atomic mass is 35.5. The molecule has 41 heavy (non-hydrogen) atoms. The molecular weight excluding hydrogens is 602 g/mol. The molecule has 0 spiro atoms. The van der Waals surface area contributed by atoms with E-state index in [2.05, 4.69) is 31.3 Å². The fraction of sp³-hybridized carbons (Fsp3) is 0.417. The molecule has 0 aliphatic heterocycles. The van der Waals surface area contributed by atoms with Gasteiger partial charge in [0.25, 0.3) is 5.56 Å². The van der Waals surface area contributed by atoms with E-state index in [4.69, 9.17) is 47.5 Å². The fourth-order valence-electron chi connectivity index (χ4n) is 3.41. The number of anilines is 1. The lowest BCUT2D eigenvalue weighted by atomic mass is 10.1. The first-order valence-electron chi connectivity index (χ1n) is 12.1. The number of aromatic nitrogens is 4. The first kappa shape index (κ1) is 32.4. The summed E-state index contributed by atoms with van der Waals surface area (Å²) in [7, 11) is -4.32. The first-order valence-corrected chi connectivity index (χ1v) is 14.4. The summed E-state index contributed by atoms with van der Waals surface area (Å²) in [6.07, 6.45) is -2.43. The number of rotatable bonds is 13. The van der Waals surface area contributed by atoms with Gasteiger partial charge in [-0.15, -0.1) is 11.6 Å². The number of hydrogen-bond donors (Lipinski definition) is 4. The SMILES string of the molecule is CC(C)OC(=O)C(C)NP(=O)(OC[C@H](O)OC(n1cnc2c(=O)[nH]c(N)nc21)C(C)(Cl)C#CCl)Oc1ccccc1. The van der Waals surface area contributed by atoms with Crippen LogP contribution in [0.5, 0.6) is 5.75 Å². The number of fused-ring (bicyclic) bond motifs is 1. The van der Waals surface area contributed by atoms with E-state index >= 15 is 0 Å². The second kappa shape index (κ2) is 13.7. The number of nitrogen functional groups attached to an aromatic ring is 1. The van der Waals surface area contributed by atoms with Crippen LogP contribution in [0, 0.1) is 11.3 Å². The van der Waals surface area contributed by atoms with Crippen LogP contribution in [0.2, 0.25) is 0 Å². The van der Waals surface area contributed by atoms with Crippen molar-refractivity contribution in [2.75, 3.05) is 12.3 Å². The van der Waals surface area contributed by atoms with E-state index in [1.807, 2.05) is 0 Å². The van der Waals surface area contributed by atoms with Crippen molar-refractivity contribution in [3.05, 3.63) is 47.0 Å². The Hall–Kier alpha value is -3.15. The zero-order valence-corrected chi connectivity index (χ0v) is 24.8. The number of halogens is 2. The number of aliphatic hydroxyl groups is 1. The maximum atomic E-state index is 13.7. The van der Waals surface area contributed by atoms with Gasteiger partial charge in [0.05, 0.1) is 12.4 Å². The second-order valence-electron chi connectivity index (χ2n) is 9.05. The lowest BCUT2D eigenvalue weighted by molar-refractivity contribution is -0.179. The van der Waals surface area contributed by atoms with E-state index in [9.17, 15) is 19.3 Å². The zero-order valence-electron chi connectivity index (χ0n) is 22.4. The van der Waals surface area contributed by atoms with Gasteiger partial charge in [-0.25, -0.2) is 9.55 Å². The van der Waals surface area contributed by atoms with Gasteiger partial charge in [-0.3, -0.25) is 23.7 Å². The normalized spacial score (nSPS) is 16.6. The molecule has 0 saturated carbocycles. The number of esters is 1. The average Bonchev–Trinajstić information content (AvgIpc) is 3.29. The van der Waals surface area contributed by atoms with Gasteiger partial charge in [-0.2, -0.15) is 10.1 Å². The van der Waals surface area contributed by atoms with Crippen molar-refractivity contribution in [3.63, 3.8) is 0 Å². The highest BCUT2D eigenvalue weighted by Crippen LogP contribution is 2.45. The van der Waals surface area contributed by atoms with E-state index in [0.717, 1.165) is 0 Å². The molecule has 2 aromatic heterocycles. The Kier molecular flexibility index (Phi) is 10.8. The van der Waals surface area contributed by atoms with Gasteiger partial charge in [0, 0.05) is 5.38 Å².